The predicted molar refractivity (Wildman–Crippen MR) is 73.8 cm³/mol. The van der Waals surface area contributed by atoms with Crippen LogP contribution in [0.25, 0.3) is 0 Å². The van der Waals surface area contributed by atoms with Crippen molar-refractivity contribution in [3.63, 3.8) is 0 Å². The molecular weight excluding hydrogens is 242 g/mol. The number of esters is 1. The SMILES string of the molecule is CCOC(=O)C(CC)(CC)c1nncn1CC(C)C. The van der Waals surface area contributed by atoms with Crippen molar-refractivity contribution in [1.29, 1.82) is 0 Å². The molecule has 1 rings (SSSR count). The Morgan fingerprint density at radius 3 is 2.47 bits per heavy atom. The average Bonchev–Trinajstić information content (AvgIpc) is 2.80. The molecule has 108 valence electrons. The van der Waals surface area contributed by atoms with E-state index in [1.165, 1.54) is 0 Å². The molecule has 0 spiro atoms. The Kier molecular flexibility index (Phi) is 5.51. The van der Waals surface area contributed by atoms with Gasteiger partial charge in [0.05, 0.1) is 6.61 Å². The molecular formula is C14H25N3O2. The molecule has 0 aliphatic rings. The summed E-state index contributed by atoms with van der Waals surface area (Å²) < 4.78 is 7.23. The van der Waals surface area contributed by atoms with Crippen LogP contribution in [-0.4, -0.2) is 27.3 Å². The first-order valence-corrected chi connectivity index (χ1v) is 7.07. The lowest BCUT2D eigenvalue weighted by molar-refractivity contribution is -0.151. The molecule has 1 heterocycles. The summed E-state index contributed by atoms with van der Waals surface area (Å²) in [7, 11) is 0. The highest BCUT2D eigenvalue weighted by atomic mass is 16.5. The maximum Gasteiger partial charge on any atom is 0.319 e. The largest absolute Gasteiger partial charge is 0.465 e. The molecule has 0 N–H and O–H groups in total. The number of carbonyl (C=O) groups excluding carboxylic acids is 1. The van der Waals surface area contributed by atoms with Crippen molar-refractivity contribution in [2.24, 2.45) is 5.92 Å². The Balaban J connectivity index is 3.18. The zero-order valence-corrected chi connectivity index (χ0v) is 12.6. The highest BCUT2D eigenvalue weighted by Gasteiger charge is 2.42. The van der Waals surface area contributed by atoms with Gasteiger partial charge < -0.3 is 9.30 Å². The Morgan fingerprint density at radius 2 is 2.00 bits per heavy atom. The van der Waals surface area contributed by atoms with Gasteiger partial charge in [-0.2, -0.15) is 0 Å². The van der Waals surface area contributed by atoms with Crippen LogP contribution in [0.1, 0.15) is 53.3 Å². The van der Waals surface area contributed by atoms with Crippen LogP contribution < -0.4 is 0 Å². The zero-order chi connectivity index (χ0) is 14.5. The third kappa shape index (κ3) is 3.14. The molecule has 0 aromatic carbocycles. The van der Waals surface area contributed by atoms with E-state index >= 15 is 0 Å². The van der Waals surface area contributed by atoms with Crippen LogP contribution in [0.3, 0.4) is 0 Å². The molecule has 0 unspecified atom stereocenters. The normalized spacial score (nSPS) is 11.9. The van der Waals surface area contributed by atoms with Crippen molar-refractivity contribution in [2.75, 3.05) is 6.61 Å². The predicted octanol–water partition coefficient (Wildman–Crippen LogP) is 2.56. The van der Waals surface area contributed by atoms with Gasteiger partial charge in [-0.05, 0) is 25.7 Å². The van der Waals surface area contributed by atoms with Crippen molar-refractivity contribution >= 4 is 5.97 Å². The van der Waals surface area contributed by atoms with E-state index < -0.39 is 5.41 Å². The number of rotatable bonds is 7. The monoisotopic (exact) mass is 267 g/mol. The molecule has 5 heteroatoms. The van der Waals surface area contributed by atoms with E-state index in [2.05, 4.69) is 24.0 Å². The smallest absolute Gasteiger partial charge is 0.319 e. The molecule has 0 radical (unpaired) electrons. The first-order chi connectivity index (χ1) is 9.01. The van der Waals surface area contributed by atoms with E-state index in [0.29, 0.717) is 25.4 Å². The van der Waals surface area contributed by atoms with Crippen LogP contribution in [0.4, 0.5) is 0 Å². The first-order valence-electron chi connectivity index (χ1n) is 7.07. The summed E-state index contributed by atoms with van der Waals surface area (Å²) in [5.41, 5.74) is -0.679. The first kappa shape index (κ1) is 15.7. The van der Waals surface area contributed by atoms with Gasteiger partial charge in [-0.25, -0.2) is 0 Å². The molecule has 0 aliphatic carbocycles. The standard InChI is InChI=1S/C14H25N3O2/c1-6-14(7-2,13(18)19-8-3)12-16-15-10-17(12)9-11(4)5/h10-11H,6-9H2,1-5H3. The highest BCUT2D eigenvalue weighted by Crippen LogP contribution is 2.32. The fraction of sp³-hybridized carbons (Fsp3) is 0.786. The van der Waals surface area contributed by atoms with E-state index in [4.69, 9.17) is 4.74 Å². The van der Waals surface area contributed by atoms with Crippen molar-refractivity contribution in [2.45, 2.75) is 59.4 Å². The molecule has 0 atom stereocenters. The molecule has 0 amide bonds. The van der Waals surface area contributed by atoms with Crippen molar-refractivity contribution < 1.29 is 9.53 Å². The van der Waals surface area contributed by atoms with Gasteiger partial charge in [-0.1, -0.05) is 27.7 Å². The van der Waals surface area contributed by atoms with Gasteiger partial charge in [-0.3, -0.25) is 4.79 Å². The second-order valence-corrected chi connectivity index (χ2v) is 5.21. The lowest BCUT2D eigenvalue weighted by atomic mass is 9.81. The maximum atomic E-state index is 12.4. The second kappa shape index (κ2) is 6.68. The lowest BCUT2D eigenvalue weighted by Crippen LogP contribution is -2.39. The Hall–Kier alpha value is -1.39. The van der Waals surface area contributed by atoms with E-state index in [9.17, 15) is 4.79 Å². The summed E-state index contributed by atoms with van der Waals surface area (Å²) in [6.07, 6.45) is 3.03. The van der Waals surface area contributed by atoms with Gasteiger partial charge in [-0.15, -0.1) is 10.2 Å². The number of hydrogen-bond acceptors (Lipinski definition) is 4. The summed E-state index contributed by atoms with van der Waals surface area (Å²) in [5, 5.41) is 8.18. The summed E-state index contributed by atoms with van der Waals surface area (Å²) in [6, 6.07) is 0. The van der Waals surface area contributed by atoms with E-state index in [1.54, 1.807) is 6.33 Å². The minimum absolute atomic E-state index is 0.196. The third-order valence-electron chi connectivity index (χ3n) is 3.48. The average molecular weight is 267 g/mol. The van der Waals surface area contributed by atoms with Gasteiger partial charge >= 0.3 is 5.97 Å². The molecule has 0 saturated carbocycles. The van der Waals surface area contributed by atoms with Crippen LogP contribution >= 0.6 is 0 Å². The topological polar surface area (TPSA) is 57.0 Å². The van der Waals surface area contributed by atoms with Crippen molar-refractivity contribution in [3.8, 4) is 0 Å². The Morgan fingerprint density at radius 1 is 1.37 bits per heavy atom. The number of carbonyl (C=O) groups is 1. The number of ether oxygens (including phenoxy) is 1. The van der Waals surface area contributed by atoms with Crippen molar-refractivity contribution in [1.82, 2.24) is 14.8 Å². The molecule has 0 saturated heterocycles. The molecule has 0 fully saturated rings. The fourth-order valence-electron chi connectivity index (χ4n) is 2.37. The van der Waals surface area contributed by atoms with E-state index in [0.717, 1.165) is 12.4 Å². The van der Waals surface area contributed by atoms with Gasteiger partial charge in [0.2, 0.25) is 0 Å². The van der Waals surface area contributed by atoms with Gasteiger partial charge in [0, 0.05) is 6.54 Å². The molecule has 0 aliphatic heterocycles. The van der Waals surface area contributed by atoms with Gasteiger partial charge in [0.1, 0.15) is 17.6 Å². The summed E-state index contributed by atoms with van der Waals surface area (Å²) >= 11 is 0. The molecule has 19 heavy (non-hydrogen) atoms. The Bertz CT molecular complexity index is 409. The number of nitrogens with zero attached hydrogens (tertiary/aromatic N) is 3. The summed E-state index contributed by atoms with van der Waals surface area (Å²) in [6.45, 7) is 11.3. The quantitative estimate of drug-likeness (QED) is 0.712. The molecule has 1 aromatic rings. The summed E-state index contributed by atoms with van der Waals surface area (Å²) in [4.78, 5) is 12.4. The number of hydrogen-bond donors (Lipinski definition) is 0. The van der Waals surface area contributed by atoms with Crippen LogP contribution in [0.15, 0.2) is 6.33 Å². The molecule has 1 aromatic heterocycles. The highest BCUT2D eigenvalue weighted by molar-refractivity contribution is 5.82. The van der Waals surface area contributed by atoms with Crippen LogP contribution in [0.5, 0.6) is 0 Å². The van der Waals surface area contributed by atoms with E-state index in [1.807, 2.05) is 25.3 Å². The summed E-state index contributed by atoms with van der Waals surface area (Å²) in [5.74, 6) is 1.01. The lowest BCUT2D eigenvalue weighted by Gasteiger charge is -2.28. The van der Waals surface area contributed by atoms with Crippen molar-refractivity contribution in [3.05, 3.63) is 12.2 Å². The zero-order valence-electron chi connectivity index (χ0n) is 12.6. The van der Waals surface area contributed by atoms with Crippen LogP contribution in [0.2, 0.25) is 0 Å². The maximum absolute atomic E-state index is 12.4. The van der Waals surface area contributed by atoms with Crippen LogP contribution in [-0.2, 0) is 21.5 Å². The minimum atomic E-state index is -0.679. The van der Waals surface area contributed by atoms with Crippen LogP contribution in [0, 0.1) is 5.92 Å². The molecule has 0 bridgehead atoms. The minimum Gasteiger partial charge on any atom is -0.465 e. The second-order valence-electron chi connectivity index (χ2n) is 5.21. The van der Waals surface area contributed by atoms with Gasteiger partial charge in [0.25, 0.3) is 0 Å². The molecule has 5 nitrogen and oxygen atoms in total. The fourth-order valence-corrected chi connectivity index (χ4v) is 2.37. The third-order valence-corrected chi connectivity index (χ3v) is 3.48. The van der Waals surface area contributed by atoms with E-state index in [-0.39, 0.29) is 5.97 Å². The van der Waals surface area contributed by atoms with Gasteiger partial charge in [0.15, 0.2) is 0 Å². The number of aromatic nitrogens is 3. The Labute approximate surface area is 115 Å².